The molecule has 1 N–H and O–H groups in total. The first-order valence-electron chi connectivity index (χ1n) is 6.85. The molecule has 0 heterocycles. The van der Waals surface area contributed by atoms with Crippen molar-refractivity contribution in [3.63, 3.8) is 0 Å². The Morgan fingerprint density at radius 2 is 1.85 bits per heavy atom. The van der Waals surface area contributed by atoms with Crippen LogP contribution in [0.1, 0.15) is 31.4 Å². The van der Waals surface area contributed by atoms with Gasteiger partial charge in [-0.3, -0.25) is 0 Å². The fourth-order valence-electron chi connectivity index (χ4n) is 1.74. The third-order valence-corrected chi connectivity index (χ3v) is 2.90. The number of rotatable bonds is 8. The molecule has 0 spiro atoms. The zero-order chi connectivity index (χ0) is 15.0. The van der Waals surface area contributed by atoms with E-state index in [-0.39, 0.29) is 12.1 Å². The van der Waals surface area contributed by atoms with Gasteiger partial charge in [0.05, 0.1) is 12.2 Å². The van der Waals surface area contributed by atoms with Gasteiger partial charge in [0.1, 0.15) is 0 Å². The highest BCUT2D eigenvalue weighted by molar-refractivity contribution is 5.29. The molecule has 1 aromatic carbocycles. The maximum Gasteiger partial charge on any atom is 0.416 e. The average molecular weight is 289 g/mol. The minimum atomic E-state index is -4.30. The van der Waals surface area contributed by atoms with Crippen molar-refractivity contribution < 1.29 is 17.9 Å². The SMILES string of the molecule is CC(C)CCOCCNCc1ccccc1C(F)(F)F. The van der Waals surface area contributed by atoms with Crippen molar-refractivity contribution in [1.29, 1.82) is 0 Å². The van der Waals surface area contributed by atoms with Crippen LogP contribution in [-0.2, 0) is 17.5 Å². The predicted molar refractivity (Wildman–Crippen MR) is 73.4 cm³/mol. The van der Waals surface area contributed by atoms with Gasteiger partial charge in [0.15, 0.2) is 0 Å². The molecule has 0 amide bonds. The number of benzene rings is 1. The Morgan fingerprint density at radius 1 is 1.15 bits per heavy atom. The van der Waals surface area contributed by atoms with Gasteiger partial charge in [0, 0.05) is 19.7 Å². The molecule has 0 unspecified atom stereocenters. The highest BCUT2D eigenvalue weighted by Crippen LogP contribution is 2.31. The zero-order valence-electron chi connectivity index (χ0n) is 12.0. The van der Waals surface area contributed by atoms with Crippen molar-refractivity contribution >= 4 is 0 Å². The van der Waals surface area contributed by atoms with Crippen molar-refractivity contribution in [2.24, 2.45) is 5.92 Å². The number of ether oxygens (including phenoxy) is 1. The standard InChI is InChI=1S/C15H22F3NO/c1-12(2)7-9-20-10-8-19-11-13-5-3-4-6-14(13)15(16,17)18/h3-6,12,19H,7-11H2,1-2H3. The van der Waals surface area contributed by atoms with E-state index < -0.39 is 11.7 Å². The van der Waals surface area contributed by atoms with E-state index in [1.807, 2.05) is 0 Å². The molecule has 0 aliphatic heterocycles. The third kappa shape index (κ3) is 6.39. The maximum atomic E-state index is 12.7. The van der Waals surface area contributed by atoms with Crippen molar-refractivity contribution in [3.05, 3.63) is 35.4 Å². The van der Waals surface area contributed by atoms with Crippen molar-refractivity contribution in [2.75, 3.05) is 19.8 Å². The Kier molecular flexibility index (Phi) is 7.02. The molecular formula is C15H22F3NO. The molecule has 2 nitrogen and oxygen atoms in total. The van der Waals surface area contributed by atoms with Gasteiger partial charge >= 0.3 is 6.18 Å². The van der Waals surface area contributed by atoms with Crippen LogP contribution < -0.4 is 5.32 Å². The highest BCUT2D eigenvalue weighted by Gasteiger charge is 2.32. The van der Waals surface area contributed by atoms with Gasteiger partial charge in [0.2, 0.25) is 0 Å². The number of hydrogen-bond donors (Lipinski definition) is 1. The topological polar surface area (TPSA) is 21.3 Å². The van der Waals surface area contributed by atoms with Crippen LogP contribution >= 0.6 is 0 Å². The van der Waals surface area contributed by atoms with Crippen LogP contribution in [0.4, 0.5) is 13.2 Å². The average Bonchev–Trinajstić information content (AvgIpc) is 2.36. The maximum absolute atomic E-state index is 12.7. The van der Waals surface area contributed by atoms with Crippen LogP contribution in [0.5, 0.6) is 0 Å². The second-order valence-corrected chi connectivity index (χ2v) is 5.13. The summed E-state index contributed by atoms with van der Waals surface area (Å²) in [6.07, 6.45) is -3.30. The second-order valence-electron chi connectivity index (χ2n) is 5.13. The van der Waals surface area contributed by atoms with Crippen LogP contribution in [0, 0.1) is 5.92 Å². The molecule has 0 bridgehead atoms. The molecule has 0 atom stereocenters. The Hall–Kier alpha value is -1.07. The van der Waals surface area contributed by atoms with E-state index in [0.29, 0.717) is 25.7 Å². The minimum absolute atomic E-state index is 0.198. The fraction of sp³-hybridized carbons (Fsp3) is 0.600. The zero-order valence-corrected chi connectivity index (χ0v) is 12.0. The summed E-state index contributed by atoms with van der Waals surface area (Å²) in [6, 6.07) is 5.62. The van der Waals surface area contributed by atoms with E-state index in [1.165, 1.54) is 12.1 Å². The summed E-state index contributed by atoms with van der Waals surface area (Å²) in [7, 11) is 0. The van der Waals surface area contributed by atoms with Gasteiger partial charge < -0.3 is 10.1 Å². The third-order valence-electron chi connectivity index (χ3n) is 2.90. The van der Waals surface area contributed by atoms with Gasteiger partial charge in [-0.15, -0.1) is 0 Å². The van der Waals surface area contributed by atoms with Crippen LogP contribution in [0.25, 0.3) is 0 Å². The molecule has 114 valence electrons. The number of hydrogen-bond acceptors (Lipinski definition) is 2. The van der Waals surface area contributed by atoms with Crippen LogP contribution in [0.3, 0.4) is 0 Å². The van der Waals surface area contributed by atoms with Gasteiger partial charge in [-0.1, -0.05) is 32.0 Å². The number of nitrogens with one attached hydrogen (secondary N) is 1. The Morgan fingerprint density at radius 3 is 2.50 bits per heavy atom. The lowest BCUT2D eigenvalue weighted by Gasteiger charge is -2.13. The van der Waals surface area contributed by atoms with Gasteiger partial charge in [0.25, 0.3) is 0 Å². The minimum Gasteiger partial charge on any atom is -0.380 e. The molecule has 0 aliphatic carbocycles. The molecule has 0 radical (unpaired) electrons. The van der Waals surface area contributed by atoms with Crippen molar-refractivity contribution in [2.45, 2.75) is 33.0 Å². The smallest absolute Gasteiger partial charge is 0.380 e. The Labute approximate surface area is 118 Å². The van der Waals surface area contributed by atoms with E-state index in [1.54, 1.807) is 6.07 Å². The molecule has 20 heavy (non-hydrogen) atoms. The van der Waals surface area contributed by atoms with E-state index in [9.17, 15) is 13.2 Å². The summed E-state index contributed by atoms with van der Waals surface area (Å²) in [4.78, 5) is 0. The summed E-state index contributed by atoms with van der Waals surface area (Å²) in [5.41, 5.74) is -0.310. The summed E-state index contributed by atoms with van der Waals surface area (Å²) < 4.78 is 43.6. The lowest BCUT2D eigenvalue weighted by Crippen LogP contribution is -2.21. The van der Waals surface area contributed by atoms with E-state index in [4.69, 9.17) is 4.74 Å². The van der Waals surface area contributed by atoms with Gasteiger partial charge in [-0.25, -0.2) is 0 Å². The molecule has 0 saturated carbocycles. The first-order valence-corrected chi connectivity index (χ1v) is 6.85. The normalized spacial score (nSPS) is 12.1. The summed E-state index contributed by atoms with van der Waals surface area (Å²) >= 11 is 0. The molecule has 0 aromatic heterocycles. The lowest BCUT2D eigenvalue weighted by atomic mass is 10.1. The quantitative estimate of drug-likeness (QED) is 0.734. The Bertz CT molecular complexity index is 391. The van der Waals surface area contributed by atoms with Crippen LogP contribution in [0.2, 0.25) is 0 Å². The molecular weight excluding hydrogens is 267 g/mol. The first-order chi connectivity index (χ1) is 9.41. The number of alkyl halides is 3. The molecule has 0 aliphatic rings. The van der Waals surface area contributed by atoms with E-state index in [0.717, 1.165) is 12.5 Å². The van der Waals surface area contributed by atoms with Crippen LogP contribution in [0.15, 0.2) is 24.3 Å². The first kappa shape index (κ1) is 17.0. The summed E-state index contributed by atoms with van der Waals surface area (Å²) in [5.74, 6) is 0.599. The van der Waals surface area contributed by atoms with Crippen molar-refractivity contribution in [3.8, 4) is 0 Å². The molecule has 5 heteroatoms. The van der Waals surface area contributed by atoms with Crippen LogP contribution in [-0.4, -0.2) is 19.8 Å². The predicted octanol–water partition coefficient (Wildman–Crippen LogP) is 3.86. The monoisotopic (exact) mass is 289 g/mol. The Balaban J connectivity index is 2.29. The second kappa shape index (κ2) is 8.27. The molecule has 1 aromatic rings. The van der Waals surface area contributed by atoms with E-state index >= 15 is 0 Å². The summed E-state index contributed by atoms with van der Waals surface area (Å²) in [5, 5.41) is 2.98. The largest absolute Gasteiger partial charge is 0.416 e. The molecule has 0 fully saturated rings. The van der Waals surface area contributed by atoms with Gasteiger partial charge in [-0.2, -0.15) is 13.2 Å². The molecule has 0 saturated heterocycles. The van der Waals surface area contributed by atoms with E-state index in [2.05, 4.69) is 19.2 Å². The summed E-state index contributed by atoms with van der Waals surface area (Å²) in [6.45, 7) is 6.19. The highest BCUT2D eigenvalue weighted by atomic mass is 19.4. The number of halogens is 3. The molecule has 1 rings (SSSR count). The fourth-order valence-corrected chi connectivity index (χ4v) is 1.74. The lowest BCUT2D eigenvalue weighted by molar-refractivity contribution is -0.138. The van der Waals surface area contributed by atoms with Gasteiger partial charge in [-0.05, 0) is 24.0 Å². The van der Waals surface area contributed by atoms with Crippen molar-refractivity contribution in [1.82, 2.24) is 5.32 Å².